The lowest BCUT2D eigenvalue weighted by molar-refractivity contribution is 0.0787. The molecule has 5 nitrogen and oxygen atoms in total. The van der Waals surface area contributed by atoms with Crippen molar-refractivity contribution in [3.05, 3.63) is 84.7 Å². The van der Waals surface area contributed by atoms with E-state index in [1.165, 1.54) is 12.1 Å². The molecular weight excluding hydrogens is 427 g/mol. The zero-order valence-electron chi connectivity index (χ0n) is 19.3. The van der Waals surface area contributed by atoms with Gasteiger partial charge in [-0.2, -0.15) is 0 Å². The number of nitrogens with zero attached hydrogens (tertiary/aromatic N) is 3. The molecule has 0 aliphatic rings. The van der Waals surface area contributed by atoms with Crippen molar-refractivity contribution in [1.29, 1.82) is 0 Å². The molecule has 34 heavy (non-hydrogen) atoms. The molecule has 2 heterocycles. The minimum absolute atomic E-state index is 0.203. The van der Waals surface area contributed by atoms with E-state index in [0.717, 1.165) is 51.4 Å². The Balaban J connectivity index is 1.71. The van der Waals surface area contributed by atoms with Gasteiger partial charge in [0.25, 0.3) is 0 Å². The second-order valence-corrected chi connectivity index (χ2v) is 8.49. The Morgan fingerprint density at radius 1 is 0.853 bits per heavy atom. The Labute approximate surface area is 198 Å². The standard InChI is InChI=1S/C28H27FN4O/c1-19(2)34-18-8-17-30-27-25(21-13-15-22(29)16-14-21)32-28-26(20-9-4-3-5-10-20)31-23-11-6-7-12-24(23)33(27)28/h3-7,9-16,19,30H,8,17-18H2,1-2H3. The molecule has 3 aromatic carbocycles. The lowest BCUT2D eigenvalue weighted by Gasteiger charge is -2.13. The fourth-order valence-electron chi connectivity index (χ4n) is 4.09. The summed E-state index contributed by atoms with van der Waals surface area (Å²) in [5.41, 5.74) is 5.99. The SMILES string of the molecule is CC(C)OCCCNc1c(-c2ccc(F)cc2)nc2c(-c3ccccc3)nc3ccccc3n12. The van der Waals surface area contributed by atoms with Crippen molar-refractivity contribution in [2.75, 3.05) is 18.5 Å². The zero-order valence-corrected chi connectivity index (χ0v) is 19.3. The summed E-state index contributed by atoms with van der Waals surface area (Å²) >= 11 is 0. The Hall–Kier alpha value is -3.77. The van der Waals surface area contributed by atoms with E-state index in [1.807, 2.05) is 68.4 Å². The van der Waals surface area contributed by atoms with Crippen LogP contribution in [-0.2, 0) is 4.74 Å². The highest BCUT2D eigenvalue weighted by atomic mass is 19.1. The predicted molar refractivity (Wildman–Crippen MR) is 136 cm³/mol. The molecular formula is C28H27FN4O. The van der Waals surface area contributed by atoms with Crippen LogP contribution in [0.1, 0.15) is 20.3 Å². The maximum Gasteiger partial charge on any atom is 0.166 e. The molecule has 0 saturated heterocycles. The molecule has 5 rings (SSSR count). The smallest absolute Gasteiger partial charge is 0.166 e. The van der Waals surface area contributed by atoms with Crippen molar-refractivity contribution < 1.29 is 9.13 Å². The molecule has 172 valence electrons. The molecule has 2 aromatic heterocycles. The van der Waals surface area contributed by atoms with E-state index in [9.17, 15) is 4.39 Å². The lowest BCUT2D eigenvalue weighted by Crippen LogP contribution is -2.11. The molecule has 0 atom stereocenters. The third kappa shape index (κ3) is 4.37. The van der Waals surface area contributed by atoms with E-state index in [-0.39, 0.29) is 11.9 Å². The van der Waals surface area contributed by atoms with Crippen molar-refractivity contribution >= 4 is 22.5 Å². The van der Waals surface area contributed by atoms with Crippen molar-refractivity contribution in [2.24, 2.45) is 0 Å². The average Bonchev–Trinajstić information content (AvgIpc) is 3.24. The first-order valence-corrected chi connectivity index (χ1v) is 11.6. The number of para-hydroxylation sites is 2. The topological polar surface area (TPSA) is 51.5 Å². The van der Waals surface area contributed by atoms with E-state index in [4.69, 9.17) is 14.7 Å². The maximum atomic E-state index is 13.7. The summed E-state index contributed by atoms with van der Waals surface area (Å²) in [6, 6.07) is 24.6. The molecule has 0 aliphatic heterocycles. The summed E-state index contributed by atoms with van der Waals surface area (Å²) in [6.45, 7) is 5.46. The minimum Gasteiger partial charge on any atom is -0.379 e. The molecule has 5 aromatic rings. The number of imidazole rings is 1. The van der Waals surface area contributed by atoms with Gasteiger partial charge in [0.2, 0.25) is 0 Å². The molecule has 0 bridgehead atoms. The van der Waals surface area contributed by atoms with Gasteiger partial charge in [-0.05, 0) is 56.7 Å². The van der Waals surface area contributed by atoms with Crippen LogP contribution < -0.4 is 5.32 Å². The summed E-state index contributed by atoms with van der Waals surface area (Å²) in [5.74, 6) is 0.590. The van der Waals surface area contributed by atoms with E-state index in [2.05, 4.69) is 9.72 Å². The van der Waals surface area contributed by atoms with Gasteiger partial charge in [0.05, 0.1) is 17.1 Å². The number of aromatic nitrogens is 3. The van der Waals surface area contributed by atoms with Crippen LogP contribution in [-0.4, -0.2) is 33.6 Å². The van der Waals surface area contributed by atoms with E-state index in [0.29, 0.717) is 13.2 Å². The number of hydrogen-bond donors (Lipinski definition) is 1. The highest BCUT2D eigenvalue weighted by molar-refractivity contribution is 5.91. The van der Waals surface area contributed by atoms with Gasteiger partial charge >= 0.3 is 0 Å². The molecule has 1 N–H and O–H groups in total. The third-order valence-corrected chi connectivity index (χ3v) is 5.67. The molecule has 0 unspecified atom stereocenters. The summed E-state index contributed by atoms with van der Waals surface area (Å²) in [4.78, 5) is 10.0. The van der Waals surface area contributed by atoms with Crippen LogP contribution in [0, 0.1) is 5.82 Å². The molecule has 6 heteroatoms. The van der Waals surface area contributed by atoms with Gasteiger partial charge in [-0.3, -0.25) is 4.40 Å². The molecule has 0 radical (unpaired) electrons. The number of benzene rings is 3. The monoisotopic (exact) mass is 454 g/mol. The predicted octanol–water partition coefficient (Wildman–Crippen LogP) is 6.58. The minimum atomic E-state index is -0.273. The van der Waals surface area contributed by atoms with E-state index >= 15 is 0 Å². The van der Waals surface area contributed by atoms with Crippen molar-refractivity contribution in [2.45, 2.75) is 26.4 Å². The van der Waals surface area contributed by atoms with E-state index in [1.54, 1.807) is 12.1 Å². The Kier molecular flexibility index (Phi) is 6.23. The van der Waals surface area contributed by atoms with Crippen LogP contribution in [0.25, 0.3) is 39.2 Å². The summed E-state index contributed by atoms with van der Waals surface area (Å²) < 4.78 is 21.5. The molecule has 0 spiro atoms. The molecule has 0 amide bonds. The first kappa shape index (κ1) is 22.0. The number of ether oxygens (including phenoxy) is 1. The molecule has 0 fully saturated rings. The highest BCUT2D eigenvalue weighted by Crippen LogP contribution is 2.35. The molecule has 0 aliphatic carbocycles. The normalized spacial score (nSPS) is 11.5. The van der Waals surface area contributed by atoms with Gasteiger partial charge in [0, 0.05) is 24.3 Å². The van der Waals surface area contributed by atoms with Crippen molar-refractivity contribution in [1.82, 2.24) is 14.4 Å². The number of fused-ring (bicyclic) bond motifs is 3. The third-order valence-electron chi connectivity index (χ3n) is 5.67. The fraction of sp³-hybridized carbons (Fsp3) is 0.214. The Morgan fingerprint density at radius 3 is 2.32 bits per heavy atom. The van der Waals surface area contributed by atoms with E-state index < -0.39 is 0 Å². The van der Waals surface area contributed by atoms with Crippen LogP contribution >= 0.6 is 0 Å². The summed E-state index contributed by atoms with van der Waals surface area (Å²) in [7, 11) is 0. The van der Waals surface area contributed by atoms with Crippen LogP contribution in [0.5, 0.6) is 0 Å². The number of anilines is 1. The second kappa shape index (κ2) is 9.61. The van der Waals surface area contributed by atoms with Crippen LogP contribution in [0.3, 0.4) is 0 Å². The number of hydrogen-bond acceptors (Lipinski definition) is 4. The summed E-state index contributed by atoms with van der Waals surface area (Å²) in [6.07, 6.45) is 1.05. The molecule has 0 saturated carbocycles. The fourth-order valence-corrected chi connectivity index (χ4v) is 4.09. The van der Waals surface area contributed by atoms with Gasteiger partial charge in [0.15, 0.2) is 5.65 Å². The summed E-state index contributed by atoms with van der Waals surface area (Å²) in [5, 5.41) is 3.59. The van der Waals surface area contributed by atoms with Gasteiger partial charge in [-0.15, -0.1) is 0 Å². The Morgan fingerprint density at radius 2 is 1.56 bits per heavy atom. The zero-order chi connectivity index (χ0) is 23.5. The highest BCUT2D eigenvalue weighted by Gasteiger charge is 2.20. The van der Waals surface area contributed by atoms with Crippen LogP contribution in [0.15, 0.2) is 78.9 Å². The lowest BCUT2D eigenvalue weighted by atomic mass is 10.1. The average molecular weight is 455 g/mol. The number of halogens is 1. The van der Waals surface area contributed by atoms with Gasteiger partial charge in [-0.1, -0.05) is 42.5 Å². The first-order valence-electron chi connectivity index (χ1n) is 11.6. The maximum absolute atomic E-state index is 13.7. The largest absolute Gasteiger partial charge is 0.379 e. The van der Waals surface area contributed by atoms with Gasteiger partial charge < -0.3 is 10.1 Å². The Bertz CT molecular complexity index is 1410. The number of nitrogens with one attached hydrogen (secondary N) is 1. The number of rotatable bonds is 8. The van der Waals surface area contributed by atoms with Gasteiger partial charge in [-0.25, -0.2) is 14.4 Å². The van der Waals surface area contributed by atoms with Crippen LogP contribution in [0.2, 0.25) is 0 Å². The quantitative estimate of drug-likeness (QED) is 0.269. The van der Waals surface area contributed by atoms with Gasteiger partial charge in [0.1, 0.15) is 23.0 Å². The second-order valence-electron chi connectivity index (χ2n) is 8.49. The van der Waals surface area contributed by atoms with Crippen LogP contribution in [0.4, 0.5) is 10.2 Å². The van der Waals surface area contributed by atoms with Crippen molar-refractivity contribution in [3.63, 3.8) is 0 Å². The first-order chi connectivity index (χ1) is 16.6. The van der Waals surface area contributed by atoms with Crippen molar-refractivity contribution in [3.8, 4) is 22.5 Å².